The van der Waals surface area contributed by atoms with Crippen molar-refractivity contribution in [3.05, 3.63) is 35.4 Å². The van der Waals surface area contributed by atoms with Crippen molar-refractivity contribution in [3.8, 4) is 0 Å². The van der Waals surface area contributed by atoms with Crippen molar-refractivity contribution in [2.24, 2.45) is 0 Å². The van der Waals surface area contributed by atoms with Crippen LogP contribution < -0.4 is 0 Å². The number of hydrogen-bond acceptors (Lipinski definition) is 4. The molecule has 0 N–H and O–H groups in total. The van der Waals surface area contributed by atoms with E-state index in [0.717, 1.165) is 0 Å². The summed E-state index contributed by atoms with van der Waals surface area (Å²) in [4.78, 5) is 47.0. The van der Waals surface area contributed by atoms with Crippen LogP contribution in [0.4, 0.5) is 0 Å². The van der Waals surface area contributed by atoms with Gasteiger partial charge in [-0.1, -0.05) is 34.7 Å². The highest BCUT2D eigenvalue weighted by molar-refractivity contribution is 14.1. The molecular weight excluding hydrogens is 361 g/mol. The van der Waals surface area contributed by atoms with Gasteiger partial charge in [0.05, 0.1) is 4.43 Å². The molecule has 1 aliphatic rings. The number of imide groups is 3. The normalized spacial score (nSPS) is 14.9. The Morgan fingerprint density at radius 1 is 1.00 bits per heavy atom. The van der Waals surface area contributed by atoms with Gasteiger partial charge in [-0.3, -0.25) is 19.2 Å². The number of ketones is 1. The van der Waals surface area contributed by atoms with Gasteiger partial charge in [0, 0.05) is 24.0 Å². The van der Waals surface area contributed by atoms with Crippen molar-refractivity contribution in [1.29, 1.82) is 0 Å². The van der Waals surface area contributed by atoms with Gasteiger partial charge < -0.3 is 0 Å². The summed E-state index contributed by atoms with van der Waals surface area (Å²) < 4.78 is 0.355. The second-order valence-corrected chi connectivity index (χ2v) is 4.82. The van der Waals surface area contributed by atoms with Gasteiger partial charge >= 0.3 is 0 Å². The van der Waals surface area contributed by atoms with Gasteiger partial charge in [0.25, 0.3) is 5.91 Å². The smallest absolute Gasteiger partial charge is 0.267 e. The third kappa shape index (κ3) is 2.73. The van der Waals surface area contributed by atoms with Crippen LogP contribution in [0.3, 0.4) is 0 Å². The molecule has 0 spiro atoms. The zero-order chi connectivity index (χ0) is 14.0. The van der Waals surface area contributed by atoms with E-state index in [-0.39, 0.29) is 24.2 Å². The van der Waals surface area contributed by atoms with Crippen LogP contribution in [-0.2, 0) is 9.59 Å². The maximum absolute atomic E-state index is 12.0. The Morgan fingerprint density at radius 3 is 1.95 bits per heavy atom. The Balaban J connectivity index is 2.23. The molecule has 1 saturated heterocycles. The minimum absolute atomic E-state index is 0.0343. The largest absolute Gasteiger partial charge is 0.293 e. The summed E-state index contributed by atoms with van der Waals surface area (Å²) in [6.07, 6.45) is 0.159. The fraction of sp³-hybridized carbons (Fsp3) is 0.231. The molecule has 0 unspecified atom stereocenters. The van der Waals surface area contributed by atoms with Gasteiger partial charge in [-0.2, -0.15) is 0 Å². The number of carbonyl (C=O) groups is 4. The molecule has 0 atom stereocenters. The minimum atomic E-state index is -0.624. The van der Waals surface area contributed by atoms with E-state index in [1.807, 2.05) is 22.6 Å². The summed E-state index contributed by atoms with van der Waals surface area (Å²) in [5.41, 5.74) is 0.735. The monoisotopic (exact) mass is 371 g/mol. The lowest BCUT2D eigenvalue weighted by atomic mass is 10.1. The predicted molar refractivity (Wildman–Crippen MR) is 75.1 cm³/mol. The molecule has 3 amide bonds. The molecule has 1 aliphatic heterocycles. The fourth-order valence-electron chi connectivity index (χ4n) is 1.81. The van der Waals surface area contributed by atoms with E-state index in [2.05, 4.69) is 0 Å². The first-order valence-corrected chi connectivity index (χ1v) is 7.16. The molecule has 0 aliphatic carbocycles. The van der Waals surface area contributed by atoms with Crippen molar-refractivity contribution >= 4 is 46.1 Å². The highest BCUT2D eigenvalue weighted by Crippen LogP contribution is 2.16. The van der Waals surface area contributed by atoms with E-state index in [9.17, 15) is 19.2 Å². The van der Waals surface area contributed by atoms with Gasteiger partial charge in [-0.25, -0.2) is 4.90 Å². The van der Waals surface area contributed by atoms with E-state index >= 15 is 0 Å². The number of benzene rings is 1. The second kappa shape index (κ2) is 5.60. The van der Waals surface area contributed by atoms with Gasteiger partial charge in [0.15, 0.2) is 5.78 Å². The predicted octanol–water partition coefficient (Wildman–Crippen LogP) is 1.59. The molecule has 5 nitrogen and oxygen atoms in total. The van der Waals surface area contributed by atoms with Crippen LogP contribution in [0.5, 0.6) is 0 Å². The summed E-state index contributed by atoms with van der Waals surface area (Å²) in [6, 6.07) is 5.97. The van der Waals surface area contributed by atoms with Crippen molar-refractivity contribution in [3.63, 3.8) is 0 Å². The molecule has 0 radical (unpaired) electrons. The Bertz CT molecular complexity index is 549. The molecule has 6 heteroatoms. The standard InChI is InChI=1S/C13H10INO4/c14-7-10(16)8-1-3-9(4-2-8)13(19)15-11(17)5-6-12(15)18/h1-4H,5-7H2. The van der Waals surface area contributed by atoms with E-state index in [1.165, 1.54) is 24.3 Å². The summed E-state index contributed by atoms with van der Waals surface area (Å²) in [5, 5.41) is 0. The molecule has 1 aromatic rings. The van der Waals surface area contributed by atoms with Crippen LogP contribution in [0.15, 0.2) is 24.3 Å². The molecular formula is C13H10INO4. The van der Waals surface area contributed by atoms with Crippen molar-refractivity contribution in [1.82, 2.24) is 4.90 Å². The number of amides is 3. The minimum Gasteiger partial charge on any atom is -0.293 e. The Kier molecular flexibility index (Phi) is 4.08. The first kappa shape index (κ1) is 13.9. The second-order valence-electron chi connectivity index (χ2n) is 4.06. The maximum atomic E-state index is 12.0. The number of alkyl halides is 1. The summed E-state index contributed by atoms with van der Waals surface area (Å²) in [7, 11) is 0. The van der Waals surface area contributed by atoms with Gasteiger partial charge in [-0.05, 0) is 12.1 Å². The van der Waals surface area contributed by atoms with Crippen LogP contribution >= 0.6 is 22.6 Å². The third-order valence-electron chi connectivity index (χ3n) is 2.83. The zero-order valence-electron chi connectivity index (χ0n) is 9.89. The quantitative estimate of drug-likeness (QED) is 0.350. The van der Waals surface area contributed by atoms with Crippen molar-refractivity contribution < 1.29 is 19.2 Å². The average molecular weight is 371 g/mol. The Labute approximate surface area is 123 Å². The summed E-state index contributed by atoms with van der Waals surface area (Å²) >= 11 is 1.96. The van der Waals surface area contributed by atoms with Crippen LogP contribution in [0.1, 0.15) is 33.6 Å². The molecule has 2 rings (SSSR count). The molecule has 1 heterocycles. The molecule has 1 fully saturated rings. The number of nitrogens with zero attached hydrogens (tertiary/aromatic N) is 1. The molecule has 19 heavy (non-hydrogen) atoms. The lowest BCUT2D eigenvalue weighted by Gasteiger charge is -2.11. The fourth-order valence-corrected chi connectivity index (χ4v) is 2.25. The molecule has 1 aromatic carbocycles. The molecule has 0 bridgehead atoms. The number of rotatable bonds is 3. The van der Waals surface area contributed by atoms with Crippen LogP contribution in [0.25, 0.3) is 0 Å². The molecule has 0 aromatic heterocycles. The number of halogens is 1. The lowest BCUT2D eigenvalue weighted by molar-refractivity contribution is -0.134. The maximum Gasteiger partial charge on any atom is 0.267 e. The number of Topliss-reactive ketones (excluding diaryl/α,β-unsaturated/α-hetero) is 1. The van der Waals surface area contributed by atoms with E-state index < -0.39 is 17.7 Å². The average Bonchev–Trinajstić information content (AvgIpc) is 2.77. The Morgan fingerprint density at radius 2 is 1.47 bits per heavy atom. The third-order valence-corrected chi connectivity index (χ3v) is 3.52. The van der Waals surface area contributed by atoms with E-state index in [0.29, 0.717) is 14.9 Å². The molecule has 98 valence electrons. The van der Waals surface area contributed by atoms with Crippen LogP contribution in [-0.4, -0.2) is 32.8 Å². The molecule has 0 saturated carbocycles. The van der Waals surface area contributed by atoms with Crippen LogP contribution in [0, 0.1) is 0 Å². The van der Waals surface area contributed by atoms with Crippen molar-refractivity contribution in [2.45, 2.75) is 12.8 Å². The van der Waals surface area contributed by atoms with E-state index in [4.69, 9.17) is 0 Å². The summed E-state index contributed by atoms with van der Waals surface area (Å²) in [5.74, 6) is -1.60. The highest BCUT2D eigenvalue weighted by Gasteiger charge is 2.34. The van der Waals surface area contributed by atoms with Gasteiger partial charge in [-0.15, -0.1) is 0 Å². The summed E-state index contributed by atoms with van der Waals surface area (Å²) in [6.45, 7) is 0. The number of likely N-dealkylation sites (tertiary alicyclic amines) is 1. The van der Waals surface area contributed by atoms with E-state index in [1.54, 1.807) is 0 Å². The first-order valence-electron chi connectivity index (χ1n) is 5.64. The van der Waals surface area contributed by atoms with Gasteiger partial charge in [0.2, 0.25) is 11.8 Å². The van der Waals surface area contributed by atoms with Gasteiger partial charge in [0.1, 0.15) is 0 Å². The Hall–Kier alpha value is -1.57. The zero-order valence-corrected chi connectivity index (χ0v) is 12.0. The number of hydrogen-bond donors (Lipinski definition) is 0. The SMILES string of the molecule is O=C(CI)c1ccc(C(=O)N2C(=O)CCC2=O)cc1. The van der Waals surface area contributed by atoms with Crippen LogP contribution in [0.2, 0.25) is 0 Å². The van der Waals surface area contributed by atoms with Crippen molar-refractivity contribution in [2.75, 3.05) is 4.43 Å². The lowest BCUT2D eigenvalue weighted by Crippen LogP contribution is -2.35. The highest BCUT2D eigenvalue weighted by atomic mass is 127. The first-order chi connectivity index (χ1) is 9.04. The number of carbonyl (C=O) groups excluding carboxylic acids is 4. The topological polar surface area (TPSA) is 71.5 Å².